The maximum atomic E-state index is 13.0. The summed E-state index contributed by atoms with van der Waals surface area (Å²) in [5.74, 6) is 0.516. The molecule has 5 nitrogen and oxygen atoms in total. The van der Waals surface area contributed by atoms with Gasteiger partial charge in [0.25, 0.3) is 10.0 Å². The van der Waals surface area contributed by atoms with Crippen molar-refractivity contribution in [3.63, 3.8) is 0 Å². The number of rotatable bonds is 6. The van der Waals surface area contributed by atoms with E-state index in [0.717, 1.165) is 0 Å². The minimum absolute atomic E-state index is 0.0663. The van der Waals surface area contributed by atoms with Gasteiger partial charge in [0.1, 0.15) is 5.75 Å². The van der Waals surface area contributed by atoms with Gasteiger partial charge in [-0.05, 0) is 24.3 Å². The van der Waals surface area contributed by atoms with E-state index in [1.165, 1.54) is 11.4 Å². The second kappa shape index (κ2) is 5.98. The van der Waals surface area contributed by atoms with Gasteiger partial charge in [-0.2, -0.15) is 0 Å². The number of benzene rings is 2. The molecule has 1 fully saturated rings. The Morgan fingerprint density at radius 1 is 1.14 bits per heavy atom. The van der Waals surface area contributed by atoms with E-state index in [0.29, 0.717) is 18.0 Å². The summed E-state index contributed by atoms with van der Waals surface area (Å²) in [6.45, 7) is 0.855. The van der Waals surface area contributed by atoms with Gasteiger partial charge in [0.05, 0.1) is 36.9 Å². The van der Waals surface area contributed by atoms with Crippen LogP contribution in [0.2, 0.25) is 0 Å². The first-order valence-electron chi connectivity index (χ1n) is 6.95. The van der Waals surface area contributed by atoms with E-state index < -0.39 is 10.0 Å². The van der Waals surface area contributed by atoms with Gasteiger partial charge in [-0.15, -0.1) is 0 Å². The van der Waals surface area contributed by atoms with Crippen LogP contribution in [0.5, 0.6) is 5.75 Å². The van der Waals surface area contributed by atoms with Crippen LogP contribution in [0.4, 0.5) is 5.69 Å². The Morgan fingerprint density at radius 3 is 2.41 bits per heavy atom. The number of sulfonamides is 1. The lowest BCUT2D eigenvalue weighted by atomic mass is 10.3. The molecule has 2 aromatic rings. The normalized spacial score (nSPS) is 17.0. The first kappa shape index (κ1) is 14.9. The second-order valence-electron chi connectivity index (χ2n) is 4.98. The van der Waals surface area contributed by atoms with E-state index >= 15 is 0 Å². The third-order valence-corrected chi connectivity index (χ3v) is 5.25. The average Bonchev–Trinajstić information content (AvgIpc) is 3.37. The van der Waals surface area contributed by atoms with Crippen LogP contribution in [0, 0.1) is 0 Å². The van der Waals surface area contributed by atoms with Crippen molar-refractivity contribution in [3.05, 3.63) is 54.6 Å². The van der Waals surface area contributed by atoms with Gasteiger partial charge in [-0.25, -0.2) is 8.42 Å². The highest BCUT2D eigenvalue weighted by Crippen LogP contribution is 2.33. The number of nitrogens with zero attached hydrogens (tertiary/aromatic N) is 1. The molecule has 1 heterocycles. The predicted molar refractivity (Wildman–Crippen MR) is 83.7 cm³/mol. The molecule has 116 valence electrons. The van der Waals surface area contributed by atoms with Crippen molar-refractivity contribution in [1.29, 1.82) is 0 Å². The van der Waals surface area contributed by atoms with Crippen LogP contribution in [0.15, 0.2) is 59.5 Å². The molecule has 0 N–H and O–H groups in total. The van der Waals surface area contributed by atoms with Crippen LogP contribution in [0.3, 0.4) is 0 Å². The van der Waals surface area contributed by atoms with E-state index in [4.69, 9.17) is 9.47 Å². The first-order valence-corrected chi connectivity index (χ1v) is 8.39. The van der Waals surface area contributed by atoms with E-state index in [1.54, 1.807) is 48.5 Å². The standard InChI is InChI=1S/C16H17NO4S/c1-20-16-10-6-5-9-15(16)17(11-13-12-21-13)22(18,19)14-7-3-2-4-8-14/h2-10,13H,11-12H2,1H3/t13-/m1/s1. The van der Waals surface area contributed by atoms with Crippen molar-refractivity contribution >= 4 is 15.7 Å². The fourth-order valence-electron chi connectivity index (χ4n) is 2.24. The van der Waals surface area contributed by atoms with Crippen molar-refractivity contribution in [2.75, 3.05) is 24.6 Å². The molecule has 0 bridgehead atoms. The summed E-state index contributed by atoms with van der Waals surface area (Å²) in [7, 11) is -2.14. The Morgan fingerprint density at radius 2 is 1.77 bits per heavy atom. The minimum atomic E-state index is -3.67. The molecule has 0 saturated carbocycles. The third kappa shape index (κ3) is 2.93. The molecule has 0 aliphatic carbocycles. The number of para-hydroxylation sites is 2. The lowest BCUT2D eigenvalue weighted by Crippen LogP contribution is -2.34. The summed E-state index contributed by atoms with van der Waals surface area (Å²) in [6.07, 6.45) is -0.0663. The number of hydrogen-bond donors (Lipinski definition) is 0. The smallest absolute Gasteiger partial charge is 0.264 e. The van der Waals surface area contributed by atoms with Crippen molar-refractivity contribution in [3.8, 4) is 5.75 Å². The minimum Gasteiger partial charge on any atom is -0.495 e. The number of hydrogen-bond acceptors (Lipinski definition) is 4. The predicted octanol–water partition coefficient (Wildman–Crippen LogP) is 2.29. The molecule has 1 saturated heterocycles. The number of ether oxygens (including phenoxy) is 2. The van der Waals surface area contributed by atoms with Crippen molar-refractivity contribution in [2.45, 2.75) is 11.0 Å². The van der Waals surface area contributed by atoms with Gasteiger partial charge in [0, 0.05) is 0 Å². The molecular weight excluding hydrogens is 302 g/mol. The highest BCUT2D eigenvalue weighted by Gasteiger charge is 2.34. The SMILES string of the molecule is COc1ccccc1N(C[C@@H]1CO1)S(=O)(=O)c1ccccc1. The number of methoxy groups -OCH3 is 1. The molecule has 1 aliphatic heterocycles. The van der Waals surface area contributed by atoms with Gasteiger partial charge >= 0.3 is 0 Å². The van der Waals surface area contributed by atoms with E-state index in [2.05, 4.69) is 0 Å². The molecule has 6 heteroatoms. The topological polar surface area (TPSA) is 59.1 Å². The third-order valence-electron chi connectivity index (χ3n) is 3.46. The Balaban J connectivity index is 2.06. The molecule has 2 aromatic carbocycles. The highest BCUT2D eigenvalue weighted by atomic mass is 32.2. The van der Waals surface area contributed by atoms with Crippen LogP contribution in [-0.2, 0) is 14.8 Å². The number of anilines is 1. The van der Waals surface area contributed by atoms with E-state index in [9.17, 15) is 8.42 Å². The molecule has 0 aromatic heterocycles. The zero-order valence-corrected chi connectivity index (χ0v) is 13.0. The van der Waals surface area contributed by atoms with Crippen LogP contribution in [0.1, 0.15) is 0 Å². The molecule has 22 heavy (non-hydrogen) atoms. The maximum Gasteiger partial charge on any atom is 0.264 e. The fourth-order valence-corrected chi connectivity index (χ4v) is 3.77. The molecule has 0 radical (unpaired) electrons. The summed E-state index contributed by atoms with van der Waals surface area (Å²) in [5.41, 5.74) is 0.518. The van der Waals surface area contributed by atoms with Crippen LogP contribution in [-0.4, -0.2) is 34.8 Å². The Kier molecular flexibility index (Phi) is 4.04. The summed E-state index contributed by atoms with van der Waals surface area (Å²) in [4.78, 5) is 0.251. The van der Waals surface area contributed by atoms with Crippen LogP contribution < -0.4 is 9.04 Å². The zero-order chi connectivity index (χ0) is 15.6. The summed E-state index contributed by atoms with van der Waals surface area (Å²) in [5, 5.41) is 0. The molecule has 1 atom stereocenters. The molecule has 3 rings (SSSR count). The fraction of sp³-hybridized carbons (Fsp3) is 0.250. The van der Waals surface area contributed by atoms with Gasteiger partial charge in [-0.3, -0.25) is 4.31 Å². The van der Waals surface area contributed by atoms with Crippen molar-refractivity contribution < 1.29 is 17.9 Å². The van der Waals surface area contributed by atoms with Crippen LogP contribution in [0.25, 0.3) is 0 Å². The lowest BCUT2D eigenvalue weighted by Gasteiger charge is -2.25. The monoisotopic (exact) mass is 319 g/mol. The number of epoxide rings is 1. The largest absolute Gasteiger partial charge is 0.495 e. The molecule has 1 aliphatic rings. The van der Waals surface area contributed by atoms with E-state index in [-0.39, 0.29) is 17.5 Å². The summed E-state index contributed by atoms with van der Waals surface area (Å²) >= 11 is 0. The highest BCUT2D eigenvalue weighted by molar-refractivity contribution is 7.92. The van der Waals surface area contributed by atoms with Gasteiger partial charge in [0.15, 0.2) is 0 Å². The van der Waals surface area contributed by atoms with Crippen molar-refractivity contribution in [2.24, 2.45) is 0 Å². The van der Waals surface area contributed by atoms with Gasteiger partial charge in [-0.1, -0.05) is 30.3 Å². The summed E-state index contributed by atoms with van der Waals surface area (Å²) in [6, 6.07) is 15.5. The lowest BCUT2D eigenvalue weighted by molar-refractivity contribution is 0.406. The van der Waals surface area contributed by atoms with Gasteiger partial charge in [0.2, 0.25) is 0 Å². The quantitative estimate of drug-likeness (QED) is 0.767. The molecule has 0 unspecified atom stereocenters. The van der Waals surface area contributed by atoms with E-state index in [1.807, 2.05) is 6.07 Å². The zero-order valence-electron chi connectivity index (χ0n) is 12.2. The van der Waals surface area contributed by atoms with Crippen molar-refractivity contribution in [1.82, 2.24) is 0 Å². The molecule has 0 amide bonds. The average molecular weight is 319 g/mol. The second-order valence-corrected chi connectivity index (χ2v) is 6.84. The summed E-state index contributed by atoms with van der Waals surface area (Å²) < 4.78 is 37.8. The molecular formula is C16H17NO4S. The Bertz CT molecular complexity index is 742. The van der Waals surface area contributed by atoms with Crippen LogP contribution >= 0.6 is 0 Å². The Hall–Kier alpha value is -2.05. The maximum absolute atomic E-state index is 13.0. The van der Waals surface area contributed by atoms with Gasteiger partial charge < -0.3 is 9.47 Å². The Labute approximate surface area is 130 Å². The first-order chi connectivity index (χ1) is 10.6. The molecule has 0 spiro atoms.